The van der Waals surface area contributed by atoms with Crippen molar-refractivity contribution in [3.05, 3.63) is 29.3 Å². The molecular formula is C20H27N3O7S. The van der Waals surface area contributed by atoms with Crippen molar-refractivity contribution in [1.29, 1.82) is 0 Å². The number of sulfonamides is 1. The van der Waals surface area contributed by atoms with Crippen molar-refractivity contribution in [3.8, 4) is 0 Å². The minimum atomic E-state index is -4.09. The van der Waals surface area contributed by atoms with E-state index >= 15 is 0 Å². The minimum absolute atomic E-state index is 0.0118. The molecule has 3 rings (SSSR count). The molecule has 1 unspecified atom stereocenters. The first kappa shape index (κ1) is 23.2. The molecule has 170 valence electrons. The Morgan fingerprint density at radius 2 is 1.65 bits per heavy atom. The fourth-order valence-corrected chi connectivity index (χ4v) is 5.07. The summed E-state index contributed by atoms with van der Waals surface area (Å²) in [5.74, 6) is -1.59. The SMILES string of the molecule is COC(=O)c1ccc(C(=O)OC)c(S(=O)(=O)N2CCN(C(C)C(=O)NC3CC3)CC2)c1. The predicted molar refractivity (Wildman–Crippen MR) is 110 cm³/mol. The third-order valence-electron chi connectivity index (χ3n) is 5.55. The number of methoxy groups -OCH3 is 2. The van der Waals surface area contributed by atoms with Crippen LogP contribution in [-0.4, -0.2) is 88.0 Å². The van der Waals surface area contributed by atoms with Gasteiger partial charge in [-0.1, -0.05) is 0 Å². The van der Waals surface area contributed by atoms with Gasteiger partial charge in [0.15, 0.2) is 0 Å². The van der Waals surface area contributed by atoms with Crippen molar-refractivity contribution >= 4 is 27.9 Å². The number of piperazine rings is 1. The van der Waals surface area contributed by atoms with Gasteiger partial charge in [-0.25, -0.2) is 18.0 Å². The van der Waals surface area contributed by atoms with Gasteiger partial charge in [-0.3, -0.25) is 9.69 Å². The molecule has 1 aromatic rings. The Bertz CT molecular complexity index is 967. The number of amides is 1. The monoisotopic (exact) mass is 453 g/mol. The Hall–Kier alpha value is -2.50. The molecule has 2 aliphatic rings. The zero-order valence-corrected chi connectivity index (χ0v) is 18.6. The summed E-state index contributed by atoms with van der Waals surface area (Å²) in [6, 6.07) is 3.58. The third-order valence-corrected chi connectivity index (χ3v) is 7.49. The van der Waals surface area contributed by atoms with Crippen LogP contribution >= 0.6 is 0 Å². The highest BCUT2D eigenvalue weighted by Gasteiger charge is 2.35. The summed E-state index contributed by atoms with van der Waals surface area (Å²) in [6.07, 6.45) is 2.00. The van der Waals surface area contributed by atoms with Gasteiger partial charge in [0.2, 0.25) is 15.9 Å². The Morgan fingerprint density at radius 3 is 2.19 bits per heavy atom. The van der Waals surface area contributed by atoms with E-state index in [0.717, 1.165) is 26.0 Å². The lowest BCUT2D eigenvalue weighted by molar-refractivity contribution is -0.126. The number of carbonyl (C=O) groups is 3. The van der Waals surface area contributed by atoms with Crippen molar-refractivity contribution < 1.29 is 32.3 Å². The van der Waals surface area contributed by atoms with E-state index in [4.69, 9.17) is 4.74 Å². The number of nitrogens with zero attached hydrogens (tertiary/aromatic N) is 2. The fraction of sp³-hybridized carbons (Fsp3) is 0.550. The second-order valence-corrected chi connectivity index (χ2v) is 9.50. The highest BCUT2D eigenvalue weighted by molar-refractivity contribution is 7.89. The lowest BCUT2D eigenvalue weighted by Gasteiger charge is -2.37. The number of rotatable bonds is 7. The van der Waals surface area contributed by atoms with E-state index in [1.165, 1.54) is 23.5 Å². The molecule has 0 aromatic heterocycles. The van der Waals surface area contributed by atoms with Gasteiger partial charge in [-0.15, -0.1) is 0 Å². The number of nitrogens with one attached hydrogen (secondary N) is 1. The molecular weight excluding hydrogens is 426 g/mol. The predicted octanol–water partition coefficient (Wildman–Crippen LogP) is 0.233. The molecule has 1 saturated heterocycles. The van der Waals surface area contributed by atoms with Crippen LogP contribution in [0.15, 0.2) is 23.1 Å². The Labute approximate surface area is 181 Å². The molecule has 1 aliphatic heterocycles. The summed E-state index contributed by atoms with van der Waals surface area (Å²) in [5.41, 5.74) is -0.146. The number of hydrogen-bond donors (Lipinski definition) is 1. The molecule has 1 N–H and O–H groups in total. The Balaban J connectivity index is 1.79. The van der Waals surface area contributed by atoms with Gasteiger partial charge in [-0.2, -0.15) is 4.31 Å². The lowest BCUT2D eigenvalue weighted by Crippen LogP contribution is -2.55. The van der Waals surface area contributed by atoms with Gasteiger partial charge in [0.1, 0.15) is 0 Å². The Kier molecular flexibility index (Phi) is 6.97. The molecule has 10 nitrogen and oxygen atoms in total. The molecule has 11 heteroatoms. The van der Waals surface area contributed by atoms with E-state index in [2.05, 4.69) is 10.1 Å². The summed E-state index contributed by atoms with van der Waals surface area (Å²) >= 11 is 0. The van der Waals surface area contributed by atoms with Gasteiger partial charge < -0.3 is 14.8 Å². The fourth-order valence-electron chi connectivity index (χ4n) is 3.44. The van der Waals surface area contributed by atoms with E-state index in [9.17, 15) is 22.8 Å². The summed E-state index contributed by atoms with van der Waals surface area (Å²) in [7, 11) is -1.76. The molecule has 1 amide bonds. The van der Waals surface area contributed by atoms with Gasteiger partial charge in [-0.05, 0) is 38.0 Å². The zero-order valence-electron chi connectivity index (χ0n) is 17.8. The van der Waals surface area contributed by atoms with Crippen LogP contribution in [0.3, 0.4) is 0 Å². The van der Waals surface area contributed by atoms with Gasteiger partial charge in [0.05, 0.1) is 36.3 Å². The number of ether oxygens (including phenoxy) is 2. The quantitative estimate of drug-likeness (QED) is 0.583. The minimum Gasteiger partial charge on any atom is -0.465 e. The smallest absolute Gasteiger partial charge is 0.339 e. The van der Waals surface area contributed by atoms with Crippen LogP contribution in [0.5, 0.6) is 0 Å². The van der Waals surface area contributed by atoms with Gasteiger partial charge in [0, 0.05) is 32.2 Å². The molecule has 0 spiro atoms. The summed E-state index contributed by atoms with van der Waals surface area (Å²) in [4.78, 5) is 38.0. The van der Waals surface area contributed by atoms with Gasteiger partial charge >= 0.3 is 11.9 Å². The zero-order chi connectivity index (χ0) is 22.8. The summed E-state index contributed by atoms with van der Waals surface area (Å²) in [5, 5.41) is 2.96. The average Bonchev–Trinajstić information content (AvgIpc) is 3.61. The maximum atomic E-state index is 13.3. The van der Waals surface area contributed by atoms with Crippen molar-refractivity contribution in [2.24, 2.45) is 0 Å². The molecule has 1 heterocycles. The second kappa shape index (κ2) is 9.33. The number of benzene rings is 1. The first-order valence-corrected chi connectivity index (χ1v) is 11.5. The maximum absolute atomic E-state index is 13.3. The average molecular weight is 454 g/mol. The van der Waals surface area contributed by atoms with Gasteiger partial charge in [0.25, 0.3) is 0 Å². The standard InChI is InChI=1S/C20H27N3O7S/c1-13(18(24)21-15-5-6-15)22-8-10-23(11-9-22)31(27,28)17-12-14(19(25)29-2)4-7-16(17)20(26)30-3/h4,7,12-13,15H,5-6,8-11H2,1-3H3,(H,21,24). The summed E-state index contributed by atoms with van der Waals surface area (Å²) < 4.78 is 37.3. The van der Waals surface area contributed by atoms with Crippen LogP contribution in [0.25, 0.3) is 0 Å². The molecule has 1 atom stereocenters. The van der Waals surface area contributed by atoms with E-state index in [1.807, 2.05) is 4.90 Å². The third kappa shape index (κ3) is 5.05. The lowest BCUT2D eigenvalue weighted by atomic mass is 10.1. The molecule has 1 aliphatic carbocycles. The van der Waals surface area contributed by atoms with Crippen LogP contribution in [-0.2, 0) is 24.3 Å². The van der Waals surface area contributed by atoms with E-state index < -0.39 is 22.0 Å². The van der Waals surface area contributed by atoms with E-state index in [0.29, 0.717) is 13.1 Å². The highest BCUT2D eigenvalue weighted by atomic mass is 32.2. The van der Waals surface area contributed by atoms with Crippen molar-refractivity contribution in [2.75, 3.05) is 40.4 Å². The van der Waals surface area contributed by atoms with Crippen LogP contribution in [0, 0.1) is 0 Å². The Morgan fingerprint density at radius 1 is 1.03 bits per heavy atom. The first-order valence-electron chi connectivity index (χ1n) is 10.0. The molecule has 0 radical (unpaired) electrons. The maximum Gasteiger partial charge on any atom is 0.339 e. The van der Waals surface area contributed by atoms with Crippen LogP contribution < -0.4 is 5.32 Å². The molecule has 2 fully saturated rings. The molecule has 0 bridgehead atoms. The van der Waals surface area contributed by atoms with Crippen molar-refractivity contribution in [3.63, 3.8) is 0 Å². The van der Waals surface area contributed by atoms with Crippen LogP contribution in [0.2, 0.25) is 0 Å². The molecule has 1 saturated carbocycles. The molecule has 1 aromatic carbocycles. The highest BCUT2D eigenvalue weighted by Crippen LogP contribution is 2.25. The largest absolute Gasteiger partial charge is 0.465 e. The number of esters is 2. The van der Waals surface area contributed by atoms with E-state index in [1.54, 1.807) is 6.92 Å². The number of carbonyl (C=O) groups excluding carboxylic acids is 3. The normalized spacial score (nSPS) is 18.8. The first-order chi connectivity index (χ1) is 14.7. The number of hydrogen-bond acceptors (Lipinski definition) is 8. The van der Waals surface area contributed by atoms with Crippen molar-refractivity contribution in [1.82, 2.24) is 14.5 Å². The van der Waals surface area contributed by atoms with E-state index in [-0.39, 0.29) is 47.1 Å². The van der Waals surface area contributed by atoms with Crippen LogP contribution in [0.1, 0.15) is 40.5 Å². The second-order valence-electron chi connectivity index (χ2n) is 7.59. The van der Waals surface area contributed by atoms with Crippen LogP contribution in [0.4, 0.5) is 0 Å². The van der Waals surface area contributed by atoms with Crippen molar-refractivity contribution in [2.45, 2.75) is 36.7 Å². The molecule has 31 heavy (non-hydrogen) atoms. The topological polar surface area (TPSA) is 122 Å². The summed E-state index contributed by atoms with van der Waals surface area (Å²) in [6.45, 7) is 2.82.